The molecule has 0 radical (unpaired) electrons. The van der Waals surface area contributed by atoms with E-state index in [4.69, 9.17) is 9.47 Å². The summed E-state index contributed by atoms with van der Waals surface area (Å²) in [7, 11) is 0. The maximum Gasteiger partial charge on any atom is 0.317 e. The number of hydrogen-bond donors (Lipinski definition) is 2. The van der Waals surface area contributed by atoms with E-state index < -0.39 is 0 Å². The Morgan fingerprint density at radius 3 is 1.96 bits per heavy atom. The van der Waals surface area contributed by atoms with Crippen LogP contribution < -0.4 is 10.6 Å². The number of carbonyl (C=O) groups is 2. The highest BCUT2D eigenvalue weighted by molar-refractivity contribution is 5.76. The normalized spacial score (nSPS) is 23.4. The van der Waals surface area contributed by atoms with Crippen molar-refractivity contribution in [3.8, 4) is 0 Å². The summed E-state index contributed by atoms with van der Waals surface area (Å²) in [5.41, 5.74) is 0. The molecule has 2 aliphatic heterocycles. The smallest absolute Gasteiger partial charge is 0.317 e. The summed E-state index contributed by atoms with van der Waals surface area (Å²) in [6, 6.07) is -0.115. The summed E-state index contributed by atoms with van der Waals surface area (Å²) in [4.78, 5) is 28.4. The minimum absolute atomic E-state index is 0.0113. The van der Waals surface area contributed by atoms with Crippen LogP contribution in [0.4, 0.5) is 9.59 Å². The van der Waals surface area contributed by atoms with E-state index in [2.05, 4.69) is 10.6 Å². The molecule has 1 atom stereocenters. The van der Waals surface area contributed by atoms with Gasteiger partial charge in [-0.25, -0.2) is 9.59 Å². The summed E-state index contributed by atoms with van der Waals surface area (Å²) in [5.74, 6) is 0.440. The van der Waals surface area contributed by atoms with Gasteiger partial charge in [-0.3, -0.25) is 0 Å². The molecule has 4 amide bonds. The molecule has 1 aliphatic carbocycles. The van der Waals surface area contributed by atoms with Crippen LogP contribution >= 0.6 is 0 Å². The number of nitrogens with one attached hydrogen (secondary N) is 2. The Kier molecular flexibility index (Phi) is 6.75. The lowest BCUT2D eigenvalue weighted by atomic mass is 9.98. The molecule has 3 fully saturated rings. The van der Waals surface area contributed by atoms with Crippen molar-refractivity contribution >= 4 is 12.1 Å². The number of morpholine rings is 2. The van der Waals surface area contributed by atoms with Crippen LogP contribution in [-0.4, -0.2) is 87.1 Å². The largest absolute Gasteiger partial charge is 0.378 e. The Hall–Kier alpha value is -1.54. The lowest BCUT2D eigenvalue weighted by molar-refractivity contribution is 0.0509. The second kappa shape index (κ2) is 9.24. The van der Waals surface area contributed by atoms with Gasteiger partial charge in [-0.2, -0.15) is 0 Å². The zero-order valence-electron chi connectivity index (χ0n) is 14.9. The molecule has 2 saturated heterocycles. The van der Waals surface area contributed by atoms with Gasteiger partial charge in [-0.15, -0.1) is 0 Å². The number of nitrogens with zero attached hydrogens (tertiary/aromatic N) is 2. The molecule has 0 unspecified atom stereocenters. The van der Waals surface area contributed by atoms with Crippen LogP contribution in [0.15, 0.2) is 0 Å². The summed E-state index contributed by atoms with van der Waals surface area (Å²) in [6.45, 7) is 5.36. The van der Waals surface area contributed by atoms with Crippen LogP contribution in [-0.2, 0) is 9.47 Å². The average Bonchev–Trinajstić information content (AvgIpc) is 3.20. The molecular formula is C17H30N4O4. The Morgan fingerprint density at radius 1 is 0.880 bits per heavy atom. The van der Waals surface area contributed by atoms with E-state index in [1.54, 1.807) is 9.80 Å². The lowest BCUT2D eigenvalue weighted by Gasteiger charge is -2.32. The number of rotatable bonds is 4. The van der Waals surface area contributed by atoms with Crippen molar-refractivity contribution in [2.45, 2.75) is 31.7 Å². The van der Waals surface area contributed by atoms with Crippen LogP contribution in [0, 0.1) is 5.92 Å². The van der Waals surface area contributed by atoms with E-state index in [-0.39, 0.29) is 18.1 Å². The quantitative estimate of drug-likeness (QED) is 0.776. The summed E-state index contributed by atoms with van der Waals surface area (Å²) in [6.07, 6.45) is 4.63. The van der Waals surface area contributed by atoms with Gasteiger partial charge in [0.2, 0.25) is 0 Å². The summed E-state index contributed by atoms with van der Waals surface area (Å²) in [5, 5.41) is 6.17. The topological polar surface area (TPSA) is 83.1 Å². The van der Waals surface area contributed by atoms with Gasteiger partial charge in [0.15, 0.2) is 0 Å². The monoisotopic (exact) mass is 354 g/mol. The Bertz CT molecular complexity index is 444. The van der Waals surface area contributed by atoms with Gasteiger partial charge >= 0.3 is 12.1 Å². The fourth-order valence-corrected chi connectivity index (χ4v) is 3.79. The first-order valence-corrected chi connectivity index (χ1v) is 9.48. The second-order valence-corrected chi connectivity index (χ2v) is 6.99. The standard InChI is InChI=1S/C17H30N4O4/c22-16(20-5-9-24-10-6-20)18-13-15(14-3-1-2-4-14)19-17(23)21-7-11-25-12-8-21/h14-15H,1-13H2,(H,18,22)(H,19,23)/t15-/m0/s1. The van der Waals surface area contributed by atoms with Crippen LogP contribution in [0.2, 0.25) is 0 Å². The molecule has 2 N–H and O–H groups in total. The van der Waals surface area contributed by atoms with Gasteiger partial charge in [0.1, 0.15) is 0 Å². The maximum atomic E-state index is 12.5. The van der Waals surface area contributed by atoms with Crippen LogP contribution in [0.3, 0.4) is 0 Å². The number of hydrogen-bond acceptors (Lipinski definition) is 4. The Morgan fingerprint density at radius 2 is 1.40 bits per heavy atom. The molecule has 3 rings (SSSR count). The van der Waals surface area contributed by atoms with Crippen LogP contribution in [0.25, 0.3) is 0 Å². The highest BCUT2D eigenvalue weighted by atomic mass is 16.5. The lowest BCUT2D eigenvalue weighted by Crippen LogP contribution is -2.55. The van der Waals surface area contributed by atoms with Gasteiger partial charge in [0.25, 0.3) is 0 Å². The Balaban J connectivity index is 1.51. The molecule has 8 heteroatoms. The third-order valence-corrected chi connectivity index (χ3v) is 5.35. The molecule has 142 valence electrons. The molecule has 8 nitrogen and oxygen atoms in total. The minimum Gasteiger partial charge on any atom is -0.378 e. The maximum absolute atomic E-state index is 12.5. The zero-order valence-corrected chi connectivity index (χ0v) is 14.9. The van der Waals surface area contributed by atoms with Crippen molar-refractivity contribution in [3.05, 3.63) is 0 Å². The van der Waals surface area contributed by atoms with Gasteiger partial charge in [-0.05, 0) is 18.8 Å². The highest BCUT2D eigenvalue weighted by Crippen LogP contribution is 2.27. The molecule has 0 aromatic heterocycles. The number of carbonyl (C=O) groups excluding carboxylic acids is 2. The molecule has 25 heavy (non-hydrogen) atoms. The molecule has 0 aromatic carbocycles. The van der Waals surface area contributed by atoms with E-state index in [9.17, 15) is 9.59 Å². The molecular weight excluding hydrogens is 324 g/mol. The number of ether oxygens (including phenoxy) is 2. The van der Waals surface area contributed by atoms with Crippen LogP contribution in [0.1, 0.15) is 25.7 Å². The summed E-state index contributed by atoms with van der Waals surface area (Å²) < 4.78 is 10.6. The first-order chi connectivity index (χ1) is 12.2. The molecule has 0 bridgehead atoms. The van der Waals surface area contributed by atoms with E-state index in [0.717, 1.165) is 12.8 Å². The third-order valence-electron chi connectivity index (χ3n) is 5.35. The first kappa shape index (κ1) is 18.3. The minimum atomic E-state index is -0.0630. The predicted molar refractivity (Wildman–Crippen MR) is 92.5 cm³/mol. The van der Waals surface area contributed by atoms with E-state index in [1.807, 2.05) is 0 Å². The molecule has 2 heterocycles. The van der Waals surface area contributed by atoms with E-state index in [1.165, 1.54) is 12.8 Å². The van der Waals surface area contributed by atoms with Crippen molar-refractivity contribution in [3.63, 3.8) is 0 Å². The van der Waals surface area contributed by atoms with Crippen molar-refractivity contribution in [1.29, 1.82) is 0 Å². The molecule has 3 aliphatic rings. The fraction of sp³-hybridized carbons (Fsp3) is 0.882. The predicted octanol–water partition coefficient (Wildman–Crippen LogP) is 0.629. The first-order valence-electron chi connectivity index (χ1n) is 9.48. The number of urea groups is 2. The molecule has 0 spiro atoms. The number of amides is 4. The SMILES string of the molecule is O=C(NC[C@H](NC(=O)N1CCOCC1)C1CCCC1)N1CCOCC1. The second-order valence-electron chi connectivity index (χ2n) is 6.99. The van der Waals surface area contributed by atoms with Crippen molar-refractivity contribution < 1.29 is 19.1 Å². The van der Waals surface area contributed by atoms with E-state index >= 15 is 0 Å². The van der Waals surface area contributed by atoms with Gasteiger partial charge in [0.05, 0.1) is 32.5 Å². The van der Waals surface area contributed by atoms with Crippen molar-refractivity contribution in [2.24, 2.45) is 5.92 Å². The molecule has 1 saturated carbocycles. The summed E-state index contributed by atoms with van der Waals surface area (Å²) >= 11 is 0. The average molecular weight is 354 g/mol. The highest BCUT2D eigenvalue weighted by Gasteiger charge is 2.29. The fourth-order valence-electron chi connectivity index (χ4n) is 3.79. The Labute approximate surface area is 149 Å². The third kappa shape index (κ3) is 5.22. The van der Waals surface area contributed by atoms with Crippen LogP contribution in [0.5, 0.6) is 0 Å². The van der Waals surface area contributed by atoms with E-state index in [0.29, 0.717) is 65.1 Å². The molecule has 0 aromatic rings. The van der Waals surface area contributed by atoms with Gasteiger partial charge in [-0.1, -0.05) is 12.8 Å². The van der Waals surface area contributed by atoms with Crippen molar-refractivity contribution in [1.82, 2.24) is 20.4 Å². The zero-order chi connectivity index (χ0) is 17.5. The van der Waals surface area contributed by atoms with Gasteiger partial charge in [0, 0.05) is 32.7 Å². The van der Waals surface area contributed by atoms with Gasteiger partial charge < -0.3 is 29.9 Å². The van der Waals surface area contributed by atoms with Crippen molar-refractivity contribution in [2.75, 3.05) is 59.2 Å².